The number of halogens is 4. The van der Waals surface area contributed by atoms with Crippen LogP contribution in [0.3, 0.4) is 0 Å². The third kappa shape index (κ3) is 3.31. The van der Waals surface area contributed by atoms with E-state index in [2.05, 4.69) is 36.2 Å². The predicted molar refractivity (Wildman–Crippen MR) is 76.1 cm³/mol. The molecule has 0 fully saturated rings. The molecule has 0 bridgehead atoms. The van der Waals surface area contributed by atoms with Gasteiger partial charge in [0.25, 0.3) is 6.43 Å². The summed E-state index contributed by atoms with van der Waals surface area (Å²) in [5.41, 5.74) is -0.738. The molecular weight excluding hydrogens is 379 g/mol. The van der Waals surface area contributed by atoms with Crippen LogP contribution in [0.4, 0.5) is 13.2 Å². The minimum atomic E-state index is -2.81. The fourth-order valence-corrected chi connectivity index (χ4v) is 1.94. The summed E-state index contributed by atoms with van der Waals surface area (Å²) in [5, 5.41) is 6.80. The average Bonchev–Trinajstić information content (AvgIpc) is 2.99. The smallest absolute Gasteiger partial charge is 0.322 e. The Morgan fingerprint density at radius 3 is 2.57 bits per heavy atom. The summed E-state index contributed by atoms with van der Waals surface area (Å²) in [6.07, 6.45) is 1.02. The Balaban J connectivity index is 2.00. The van der Waals surface area contributed by atoms with Crippen molar-refractivity contribution in [3.8, 4) is 17.4 Å². The molecule has 0 N–H and O–H groups in total. The molecule has 118 valence electrons. The summed E-state index contributed by atoms with van der Waals surface area (Å²) in [5.74, 6) is -0.705. The lowest BCUT2D eigenvalue weighted by atomic mass is 10.3. The van der Waals surface area contributed by atoms with Gasteiger partial charge in [0.05, 0.1) is 10.7 Å². The van der Waals surface area contributed by atoms with Gasteiger partial charge in [0, 0.05) is 12.4 Å². The van der Waals surface area contributed by atoms with Crippen molar-refractivity contribution in [2.45, 2.75) is 6.43 Å². The number of nitrogens with zero attached hydrogens (tertiary/aromatic N) is 5. The lowest BCUT2D eigenvalue weighted by Crippen LogP contribution is -2.03. The van der Waals surface area contributed by atoms with E-state index in [-0.39, 0.29) is 17.4 Å². The van der Waals surface area contributed by atoms with Gasteiger partial charge in [-0.3, -0.25) is 0 Å². The van der Waals surface area contributed by atoms with Crippen molar-refractivity contribution in [2.24, 2.45) is 0 Å². The maximum atomic E-state index is 14.1. The van der Waals surface area contributed by atoms with Gasteiger partial charge in [0.2, 0.25) is 0 Å². The lowest BCUT2D eigenvalue weighted by Gasteiger charge is -2.10. The van der Waals surface area contributed by atoms with Crippen LogP contribution in [0.15, 0.2) is 41.3 Å². The predicted octanol–water partition coefficient (Wildman–Crippen LogP) is 3.69. The Morgan fingerprint density at radius 2 is 1.91 bits per heavy atom. The van der Waals surface area contributed by atoms with Crippen LogP contribution < -0.4 is 4.74 Å². The van der Waals surface area contributed by atoms with Gasteiger partial charge in [-0.2, -0.15) is 0 Å². The summed E-state index contributed by atoms with van der Waals surface area (Å²) in [6.45, 7) is 0. The van der Waals surface area contributed by atoms with Crippen LogP contribution in [-0.4, -0.2) is 25.0 Å². The third-order valence-corrected chi connectivity index (χ3v) is 3.12. The van der Waals surface area contributed by atoms with Crippen molar-refractivity contribution in [1.82, 2.24) is 25.0 Å². The van der Waals surface area contributed by atoms with E-state index in [0.717, 1.165) is 16.9 Å². The fourth-order valence-electron chi connectivity index (χ4n) is 1.74. The van der Waals surface area contributed by atoms with Crippen LogP contribution in [-0.2, 0) is 0 Å². The molecule has 0 spiro atoms. The molecule has 0 unspecified atom stereocenters. The van der Waals surface area contributed by atoms with E-state index in [1.165, 1.54) is 24.5 Å². The van der Waals surface area contributed by atoms with E-state index in [0.29, 0.717) is 4.47 Å². The van der Waals surface area contributed by atoms with Crippen molar-refractivity contribution in [3.63, 3.8) is 0 Å². The topological polar surface area (TPSA) is 65.7 Å². The summed E-state index contributed by atoms with van der Waals surface area (Å²) >= 11 is 3.18. The molecule has 0 atom stereocenters. The first kappa shape index (κ1) is 15.4. The summed E-state index contributed by atoms with van der Waals surface area (Å²) in [7, 11) is 0. The van der Waals surface area contributed by atoms with Crippen molar-refractivity contribution in [3.05, 3.63) is 52.8 Å². The lowest BCUT2D eigenvalue weighted by molar-refractivity contribution is 0.146. The molecule has 1 aromatic carbocycles. The number of hydrogen-bond acceptors (Lipinski definition) is 5. The maximum absolute atomic E-state index is 14.1. The van der Waals surface area contributed by atoms with Crippen LogP contribution in [0.25, 0.3) is 5.69 Å². The molecule has 10 heteroatoms. The largest absolute Gasteiger partial charge is 0.422 e. The number of aromatic nitrogens is 5. The Labute approximate surface area is 136 Å². The number of para-hydroxylation sites is 1. The number of hydrogen-bond donors (Lipinski definition) is 0. The van der Waals surface area contributed by atoms with E-state index in [4.69, 9.17) is 4.74 Å². The highest BCUT2D eigenvalue weighted by Gasteiger charge is 2.18. The molecular formula is C13H7BrF3N5O. The zero-order valence-corrected chi connectivity index (χ0v) is 12.8. The van der Waals surface area contributed by atoms with Crippen LogP contribution in [0.1, 0.15) is 12.1 Å². The molecule has 0 aliphatic heterocycles. The van der Waals surface area contributed by atoms with E-state index >= 15 is 0 Å². The molecule has 3 aromatic rings. The Bertz CT molecular complexity index is 825. The number of ether oxygens (including phenoxy) is 1. The highest BCUT2D eigenvalue weighted by molar-refractivity contribution is 9.10. The summed E-state index contributed by atoms with van der Waals surface area (Å²) in [6, 6.07) is 3.95. The maximum Gasteiger partial charge on any atom is 0.322 e. The summed E-state index contributed by atoms with van der Waals surface area (Å²) in [4.78, 5) is 7.81. The van der Waals surface area contributed by atoms with Crippen LogP contribution in [0.2, 0.25) is 0 Å². The van der Waals surface area contributed by atoms with E-state index < -0.39 is 17.9 Å². The van der Waals surface area contributed by atoms with Gasteiger partial charge < -0.3 is 4.74 Å². The fraction of sp³-hybridized carbons (Fsp3) is 0.0769. The SMILES string of the molecule is Fc1cccc(Oc2ncc(Br)cn2)c1-n1cc(C(F)F)nn1. The van der Waals surface area contributed by atoms with Gasteiger partial charge in [-0.1, -0.05) is 11.3 Å². The summed E-state index contributed by atoms with van der Waals surface area (Å²) < 4.78 is 46.3. The minimum Gasteiger partial charge on any atom is -0.422 e. The molecule has 2 aromatic heterocycles. The molecule has 0 radical (unpaired) electrons. The van der Waals surface area contributed by atoms with Crippen LogP contribution >= 0.6 is 15.9 Å². The van der Waals surface area contributed by atoms with Crippen molar-refractivity contribution < 1.29 is 17.9 Å². The molecule has 0 aliphatic carbocycles. The van der Waals surface area contributed by atoms with Gasteiger partial charge >= 0.3 is 6.01 Å². The van der Waals surface area contributed by atoms with Crippen molar-refractivity contribution in [1.29, 1.82) is 0 Å². The highest BCUT2D eigenvalue weighted by Crippen LogP contribution is 2.29. The third-order valence-electron chi connectivity index (χ3n) is 2.71. The molecule has 0 saturated carbocycles. The van der Waals surface area contributed by atoms with Gasteiger partial charge in [-0.05, 0) is 28.1 Å². The Hall–Kier alpha value is -2.49. The van der Waals surface area contributed by atoms with Crippen molar-refractivity contribution >= 4 is 15.9 Å². The van der Waals surface area contributed by atoms with Crippen molar-refractivity contribution in [2.75, 3.05) is 0 Å². The number of alkyl halides is 2. The van der Waals surface area contributed by atoms with Gasteiger partial charge in [0.15, 0.2) is 11.6 Å². The van der Waals surface area contributed by atoms with E-state index in [1.807, 2.05) is 0 Å². The average molecular weight is 386 g/mol. The first-order valence-corrected chi connectivity index (χ1v) is 6.98. The molecule has 6 nitrogen and oxygen atoms in total. The second-order valence-corrected chi connectivity index (χ2v) is 5.18. The van der Waals surface area contributed by atoms with E-state index in [9.17, 15) is 13.2 Å². The Kier molecular flexibility index (Phi) is 4.24. The van der Waals surface area contributed by atoms with Gasteiger partial charge in [-0.25, -0.2) is 27.8 Å². The van der Waals surface area contributed by atoms with Crippen LogP contribution in [0, 0.1) is 5.82 Å². The monoisotopic (exact) mass is 385 g/mol. The van der Waals surface area contributed by atoms with Crippen LogP contribution in [0.5, 0.6) is 11.8 Å². The normalized spacial score (nSPS) is 11.0. The zero-order chi connectivity index (χ0) is 16.4. The zero-order valence-electron chi connectivity index (χ0n) is 11.2. The molecule has 0 saturated heterocycles. The van der Waals surface area contributed by atoms with E-state index in [1.54, 1.807) is 0 Å². The molecule has 0 aliphatic rings. The number of rotatable bonds is 4. The quantitative estimate of drug-likeness (QED) is 0.685. The minimum absolute atomic E-state index is 0.0121. The molecule has 23 heavy (non-hydrogen) atoms. The second-order valence-electron chi connectivity index (χ2n) is 4.26. The second kappa shape index (κ2) is 6.32. The molecule has 3 rings (SSSR count). The Morgan fingerprint density at radius 1 is 1.17 bits per heavy atom. The first-order valence-electron chi connectivity index (χ1n) is 6.19. The number of benzene rings is 1. The van der Waals surface area contributed by atoms with Gasteiger partial charge in [-0.15, -0.1) is 5.10 Å². The molecule has 0 amide bonds. The molecule has 2 heterocycles. The highest BCUT2D eigenvalue weighted by atomic mass is 79.9. The standard InChI is InChI=1S/C13H7BrF3N5O/c14-7-4-18-13(19-5-7)23-10-3-1-2-8(15)11(10)22-6-9(12(16)17)20-21-22/h1-6,12H. The first-order chi connectivity index (χ1) is 11.0. The van der Waals surface area contributed by atoms with Gasteiger partial charge in [0.1, 0.15) is 11.4 Å².